The molecule has 4 rings (SSSR count). The lowest BCUT2D eigenvalue weighted by Gasteiger charge is -2.11. The molecule has 4 aromatic rings. The summed E-state index contributed by atoms with van der Waals surface area (Å²) in [5.74, 6) is 1.58. The van der Waals surface area contributed by atoms with Crippen LogP contribution in [0.2, 0.25) is 0 Å². The van der Waals surface area contributed by atoms with E-state index in [-0.39, 0.29) is 14.3 Å². The summed E-state index contributed by atoms with van der Waals surface area (Å²) in [5, 5.41) is 11.6. The summed E-state index contributed by atoms with van der Waals surface area (Å²) >= 11 is 0. The van der Waals surface area contributed by atoms with Gasteiger partial charge >= 0.3 is 0 Å². The quantitative estimate of drug-likeness (QED) is 0.413. The van der Waals surface area contributed by atoms with Crippen molar-refractivity contribution in [3.8, 4) is 40.0 Å². The molecule has 0 atom stereocenters. The third-order valence-corrected chi connectivity index (χ3v) is 5.30. The number of nitrogens with zero attached hydrogens (tertiary/aromatic N) is 5. The number of rotatable bonds is 8. The molecule has 0 saturated heterocycles. The van der Waals surface area contributed by atoms with Gasteiger partial charge in [-0.05, 0) is 43.7 Å². The Morgan fingerprint density at radius 3 is 2.71 bits per heavy atom. The van der Waals surface area contributed by atoms with Crippen LogP contribution in [0, 0.1) is 12.8 Å². The molecule has 9 heteroatoms. The van der Waals surface area contributed by atoms with Gasteiger partial charge in [0.25, 0.3) is 17.3 Å². The Kier molecular flexibility index (Phi) is 6.83. The lowest BCUT2D eigenvalue weighted by Crippen LogP contribution is -2.21. The monoisotopic (exact) mass is 464 g/mol. The first kappa shape index (κ1) is 23.3. The van der Waals surface area contributed by atoms with Gasteiger partial charge < -0.3 is 19.0 Å². The Hall–Kier alpha value is -3.85. The topological polar surface area (TPSA) is 108 Å². The molecule has 0 bridgehead atoms. The zero-order chi connectivity index (χ0) is 24.2. The molecule has 0 radical (unpaired) electrons. The number of aromatic nitrogens is 5. The minimum absolute atomic E-state index is 0. The van der Waals surface area contributed by atoms with E-state index in [1.165, 1.54) is 0 Å². The van der Waals surface area contributed by atoms with Crippen LogP contribution in [0.25, 0.3) is 34.3 Å². The van der Waals surface area contributed by atoms with Crippen LogP contribution in [0.4, 0.5) is 0 Å². The van der Waals surface area contributed by atoms with Crippen molar-refractivity contribution in [2.75, 3.05) is 14.2 Å². The van der Waals surface area contributed by atoms with Gasteiger partial charge in [0.2, 0.25) is 0 Å². The number of methoxy groups -OCH3 is 1. The third-order valence-electron chi connectivity index (χ3n) is 5.30. The second-order valence-corrected chi connectivity index (χ2v) is 8.47. The summed E-state index contributed by atoms with van der Waals surface area (Å²) in [7, 11) is 3.50. The molecule has 9 nitrogen and oxygen atoms in total. The average Bonchev–Trinajstić information content (AvgIpc) is 3.30. The Morgan fingerprint density at radius 2 is 1.97 bits per heavy atom. The molecule has 0 spiro atoms. The molecular weight excluding hydrogens is 432 g/mol. The van der Waals surface area contributed by atoms with Crippen LogP contribution in [-0.2, 0) is 13.1 Å². The Labute approximate surface area is 200 Å². The molecule has 0 aliphatic rings. The van der Waals surface area contributed by atoms with Crippen LogP contribution in [0.1, 0.15) is 28.0 Å². The van der Waals surface area contributed by atoms with E-state index in [0.717, 1.165) is 17.7 Å². The Morgan fingerprint density at radius 1 is 1.18 bits per heavy atom. The largest absolute Gasteiger partial charge is 0.496 e. The first-order valence-electron chi connectivity index (χ1n) is 11.1. The summed E-state index contributed by atoms with van der Waals surface area (Å²) in [6.45, 7) is 7.32. The summed E-state index contributed by atoms with van der Waals surface area (Å²) in [4.78, 5) is 21.4. The Balaban J connectivity index is 0.00000228. The maximum absolute atomic E-state index is 12.2. The lowest BCUT2D eigenvalue weighted by molar-refractivity contribution is 0.413. The number of aryl methyl sites for hydroxylation is 1. The molecular formula is C25H32N6O3. The number of pyridine rings is 1. The maximum Gasteiger partial charge on any atom is 0.268 e. The second kappa shape index (κ2) is 9.96. The van der Waals surface area contributed by atoms with Gasteiger partial charge in [0.05, 0.1) is 30.3 Å². The van der Waals surface area contributed by atoms with Crippen LogP contribution in [-0.4, -0.2) is 38.9 Å². The minimum atomic E-state index is -0.0472. The van der Waals surface area contributed by atoms with Crippen LogP contribution >= 0.6 is 0 Å². The lowest BCUT2D eigenvalue weighted by atomic mass is 10.1. The third kappa shape index (κ3) is 4.89. The molecule has 0 fully saturated rings. The van der Waals surface area contributed by atoms with E-state index in [9.17, 15) is 4.79 Å². The van der Waals surface area contributed by atoms with E-state index < -0.39 is 0 Å². The first-order valence-corrected chi connectivity index (χ1v) is 11.1. The van der Waals surface area contributed by atoms with Crippen molar-refractivity contribution in [3.05, 3.63) is 64.3 Å². The molecule has 1 N–H and O–H groups in total. The molecule has 0 saturated carbocycles. The highest BCUT2D eigenvalue weighted by molar-refractivity contribution is 5.66. The molecule has 34 heavy (non-hydrogen) atoms. The molecule has 0 unspecified atom stereocenters. The van der Waals surface area contributed by atoms with Crippen molar-refractivity contribution < 1.29 is 12.0 Å². The van der Waals surface area contributed by atoms with Crippen LogP contribution < -0.4 is 15.6 Å². The maximum atomic E-state index is 12.2. The van der Waals surface area contributed by atoms with Crippen molar-refractivity contribution in [1.29, 1.82) is 0 Å². The van der Waals surface area contributed by atoms with Gasteiger partial charge in [-0.2, -0.15) is 0 Å². The van der Waals surface area contributed by atoms with Crippen LogP contribution in [0.15, 0.2) is 51.9 Å². The summed E-state index contributed by atoms with van der Waals surface area (Å²) in [6.07, 6.45) is 3.49. The zero-order valence-corrected chi connectivity index (χ0v) is 20.0. The van der Waals surface area contributed by atoms with Gasteiger partial charge in [-0.25, -0.2) is 4.98 Å². The summed E-state index contributed by atoms with van der Waals surface area (Å²) < 4.78 is 13.2. The molecule has 3 heterocycles. The highest BCUT2D eigenvalue weighted by atomic mass is 16.5. The van der Waals surface area contributed by atoms with E-state index in [1.807, 2.05) is 38.4 Å². The highest BCUT2D eigenvalue weighted by Gasteiger charge is 2.19. The fraction of sp³-hybridized carbons (Fsp3) is 0.320. The number of ether oxygens (including phenoxy) is 1. The van der Waals surface area contributed by atoms with Gasteiger partial charge in [-0.3, -0.25) is 9.78 Å². The molecule has 0 aliphatic carbocycles. The van der Waals surface area contributed by atoms with Crippen molar-refractivity contribution in [2.24, 2.45) is 5.92 Å². The average molecular weight is 465 g/mol. The number of benzene rings is 1. The number of nitrogens with one attached hydrogen (secondary N) is 1. The predicted molar refractivity (Wildman–Crippen MR) is 134 cm³/mol. The van der Waals surface area contributed by atoms with E-state index in [0.29, 0.717) is 46.7 Å². The van der Waals surface area contributed by atoms with Crippen molar-refractivity contribution in [3.63, 3.8) is 0 Å². The fourth-order valence-electron chi connectivity index (χ4n) is 3.66. The van der Waals surface area contributed by atoms with Gasteiger partial charge in [-0.1, -0.05) is 19.9 Å². The molecule has 180 valence electrons. The van der Waals surface area contributed by atoms with E-state index in [2.05, 4.69) is 34.3 Å². The molecule has 0 aliphatic heterocycles. The van der Waals surface area contributed by atoms with Crippen LogP contribution in [0.3, 0.4) is 0 Å². The molecule has 3 aromatic heterocycles. The second-order valence-electron chi connectivity index (χ2n) is 8.47. The summed E-state index contributed by atoms with van der Waals surface area (Å²) in [6, 6.07) is 9.12. The van der Waals surface area contributed by atoms with E-state index >= 15 is 0 Å². The van der Waals surface area contributed by atoms with E-state index in [1.54, 1.807) is 30.0 Å². The van der Waals surface area contributed by atoms with Gasteiger partial charge in [-0.15, -0.1) is 10.2 Å². The summed E-state index contributed by atoms with van der Waals surface area (Å²) in [5.41, 5.74) is 4.28. The van der Waals surface area contributed by atoms with Crippen LogP contribution in [0.5, 0.6) is 5.75 Å². The molecule has 0 amide bonds. The van der Waals surface area contributed by atoms with Crippen molar-refractivity contribution >= 4 is 0 Å². The van der Waals surface area contributed by atoms with E-state index in [4.69, 9.17) is 14.1 Å². The standard InChI is InChI=1S/C25H28N6O3.2H2/c1-15(2)13-31-14-18(7-9-22(31)32)20-12-27-16(3)23(28-20)25-30-29-24(34-25)19-8-6-17(11-26-4)10-21(19)33-5;;/h6-10,12,14-15,26H,11,13H2,1-5H3;2*1H. The predicted octanol–water partition coefficient (Wildman–Crippen LogP) is 4.21. The van der Waals surface area contributed by atoms with Gasteiger partial charge in [0.15, 0.2) is 0 Å². The van der Waals surface area contributed by atoms with Crippen molar-refractivity contribution in [1.82, 2.24) is 30.0 Å². The molecule has 1 aromatic carbocycles. The fourth-order valence-corrected chi connectivity index (χ4v) is 3.66. The van der Waals surface area contributed by atoms with Crippen molar-refractivity contribution in [2.45, 2.75) is 33.9 Å². The highest BCUT2D eigenvalue weighted by Crippen LogP contribution is 2.32. The number of hydrogen-bond acceptors (Lipinski definition) is 8. The number of hydrogen-bond donors (Lipinski definition) is 1. The smallest absolute Gasteiger partial charge is 0.268 e. The minimum Gasteiger partial charge on any atom is -0.496 e. The normalized spacial score (nSPS) is 11.2. The first-order chi connectivity index (χ1) is 16.4. The van der Waals surface area contributed by atoms with Gasteiger partial charge in [0.1, 0.15) is 11.4 Å². The van der Waals surface area contributed by atoms with Gasteiger partial charge in [0, 0.05) is 33.8 Å². The Bertz CT molecular complexity index is 1370. The SMILES string of the molecule is CNCc1ccc(-c2nnc(-c3nc(-c4ccc(=O)n(CC(C)C)c4)cnc3C)o2)c(OC)c1.[HH].[HH]. The zero-order valence-electron chi connectivity index (χ0n) is 20.0.